The summed E-state index contributed by atoms with van der Waals surface area (Å²) in [5, 5.41) is 22.8. The standard InChI is InChI=1S/C9H10ClN3O4/c1-2-6(9(14)15)3-4-12-5-7(10)8(11-12)13(16)17/h3,5H,2,4H2,1H3,(H,14,15). The summed E-state index contributed by atoms with van der Waals surface area (Å²) in [6.07, 6.45) is 3.09. The molecule has 8 heteroatoms. The van der Waals surface area contributed by atoms with Gasteiger partial charge in [-0.15, -0.1) is 0 Å². The summed E-state index contributed by atoms with van der Waals surface area (Å²) in [6, 6.07) is 0. The van der Waals surface area contributed by atoms with Crippen LogP contribution in [0.25, 0.3) is 0 Å². The molecule has 7 nitrogen and oxygen atoms in total. The first-order valence-electron chi connectivity index (χ1n) is 4.75. The van der Waals surface area contributed by atoms with E-state index < -0.39 is 16.7 Å². The van der Waals surface area contributed by atoms with Gasteiger partial charge in [0.2, 0.25) is 0 Å². The van der Waals surface area contributed by atoms with Gasteiger partial charge >= 0.3 is 11.8 Å². The van der Waals surface area contributed by atoms with Crippen LogP contribution >= 0.6 is 11.6 Å². The second-order valence-electron chi connectivity index (χ2n) is 3.17. The third-order valence-corrected chi connectivity index (χ3v) is 2.32. The maximum absolute atomic E-state index is 10.7. The Kier molecular flexibility index (Phi) is 4.22. The normalized spacial score (nSPS) is 11.5. The number of carboxylic acids is 1. The third-order valence-electron chi connectivity index (χ3n) is 2.05. The third kappa shape index (κ3) is 3.28. The summed E-state index contributed by atoms with van der Waals surface area (Å²) >= 11 is 5.59. The number of nitrogens with zero attached hydrogens (tertiary/aromatic N) is 3. The van der Waals surface area contributed by atoms with Crippen molar-refractivity contribution in [1.29, 1.82) is 0 Å². The van der Waals surface area contributed by atoms with Gasteiger partial charge in [-0.25, -0.2) is 4.79 Å². The van der Waals surface area contributed by atoms with Crippen LogP contribution in [0.3, 0.4) is 0 Å². The minimum absolute atomic E-state index is 0.0724. The van der Waals surface area contributed by atoms with Crippen LogP contribution in [-0.2, 0) is 11.3 Å². The number of allylic oxidation sites excluding steroid dienone is 1. The van der Waals surface area contributed by atoms with E-state index in [0.29, 0.717) is 6.42 Å². The van der Waals surface area contributed by atoms with Crippen LogP contribution in [0.5, 0.6) is 0 Å². The highest BCUT2D eigenvalue weighted by Crippen LogP contribution is 2.21. The molecule has 0 atom stereocenters. The fourth-order valence-corrected chi connectivity index (χ4v) is 1.41. The quantitative estimate of drug-likeness (QED) is 0.494. The number of carbonyl (C=O) groups is 1. The van der Waals surface area contributed by atoms with E-state index in [2.05, 4.69) is 5.10 Å². The molecule has 1 rings (SSSR count). The monoisotopic (exact) mass is 259 g/mol. The topological polar surface area (TPSA) is 98.3 Å². The molecule has 0 aliphatic rings. The Balaban J connectivity index is 2.86. The van der Waals surface area contributed by atoms with Crippen molar-refractivity contribution >= 4 is 23.4 Å². The van der Waals surface area contributed by atoms with Gasteiger partial charge in [0.05, 0.1) is 17.8 Å². The molecule has 0 spiro atoms. The molecular formula is C9H10ClN3O4. The van der Waals surface area contributed by atoms with Crippen LogP contribution in [0.4, 0.5) is 5.82 Å². The van der Waals surface area contributed by atoms with Gasteiger partial charge in [0.15, 0.2) is 5.02 Å². The molecule has 0 aliphatic heterocycles. The highest BCUT2D eigenvalue weighted by atomic mass is 35.5. The molecule has 0 unspecified atom stereocenters. The van der Waals surface area contributed by atoms with E-state index in [1.165, 1.54) is 17.0 Å². The molecule has 0 fully saturated rings. The summed E-state index contributed by atoms with van der Waals surface area (Å²) in [6.45, 7) is 1.83. The van der Waals surface area contributed by atoms with Crippen LogP contribution in [-0.4, -0.2) is 25.8 Å². The van der Waals surface area contributed by atoms with Crippen LogP contribution < -0.4 is 0 Å². The molecule has 0 radical (unpaired) electrons. The smallest absolute Gasteiger partial charge is 0.408 e. The summed E-state index contributed by atoms with van der Waals surface area (Å²) in [5.74, 6) is -1.45. The first-order chi connectivity index (χ1) is 7.95. The second-order valence-corrected chi connectivity index (χ2v) is 3.58. The minimum atomic E-state index is -1.01. The zero-order valence-corrected chi connectivity index (χ0v) is 9.72. The van der Waals surface area contributed by atoms with Crippen molar-refractivity contribution in [1.82, 2.24) is 9.78 Å². The maximum atomic E-state index is 10.7. The van der Waals surface area contributed by atoms with E-state index in [-0.39, 0.29) is 17.1 Å². The first kappa shape index (κ1) is 13.2. The van der Waals surface area contributed by atoms with Crippen LogP contribution in [0, 0.1) is 10.1 Å². The van der Waals surface area contributed by atoms with Crippen LogP contribution in [0.2, 0.25) is 5.02 Å². The largest absolute Gasteiger partial charge is 0.478 e. The van der Waals surface area contributed by atoms with Crippen molar-refractivity contribution in [3.05, 3.63) is 33.0 Å². The molecule has 1 aromatic heterocycles. The Morgan fingerprint density at radius 3 is 2.82 bits per heavy atom. The average Bonchev–Trinajstić information content (AvgIpc) is 2.60. The van der Waals surface area contributed by atoms with Gasteiger partial charge in [-0.1, -0.05) is 24.6 Å². The van der Waals surface area contributed by atoms with E-state index in [1.54, 1.807) is 6.92 Å². The van der Waals surface area contributed by atoms with Gasteiger partial charge in [0, 0.05) is 5.57 Å². The highest BCUT2D eigenvalue weighted by molar-refractivity contribution is 6.32. The average molecular weight is 260 g/mol. The summed E-state index contributed by atoms with van der Waals surface area (Å²) in [5.41, 5.74) is 0.222. The van der Waals surface area contributed by atoms with E-state index in [1.807, 2.05) is 0 Å². The van der Waals surface area contributed by atoms with Crippen molar-refractivity contribution in [2.45, 2.75) is 19.9 Å². The number of nitro groups is 1. The Bertz CT molecular complexity index is 481. The summed E-state index contributed by atoms with van der Waals surface area (Å²) < 4.78 is 1.22. The van der Waals surface area contributed by atoms with Crippen molar-refractivity contribution in [3.63, 3.8) is 0 Å². The van der Waals surface area contributed by atoms with Gasteiger partial charge in [-0.2, -0.15) is 4.68 Å². The predicted molar refractivity (Wildman–Crippen MR) is 59.9 cm³/mol. The van der Waals surface area contributed by atoms with Gasteiger partial charge in [0.25, 0.3) is 0 Å². The number of aromatic nitrogens is 2. The minimum Gasteiger partial charge on any atom is -0.478 e. The highest BCUT2D eigenvalue weighted by Gasteiger charge is 2.18. The number of hydrogen-bond acceptors (Lipinski definition) is 4. The van der Waals surface area contributed by atoms with E-state index >= 15 is 0 Å². The number of aliphatic carboxylic acids is 1. The first-order valence-corrected chi connectivity index (χ1v) is 5.13. The Hall–Kier alpha value is -1.89. The maximum Gasteiger partial charge on any atom is 0.408 e. The summed E-state index contributed by atoms with van der Waals surface area (Å²) in [7, 11) is 0. The fourth-order valence-electron chi connectivity index (χ4n) is 1.19. The molecule has 17 heavy (non-hydrogen) atoms. The molecule has 0 amide bonds. The molecule has 92 valence electrons. The van der Waals surface area contributed by atoms with Crippen molar-refractivity contribution in [3.8, 4) is 0 Å². The van der Waals surface area contributed by atoms with Crippen LogP contribution in [0.15, 0.2) is 17.8 Å². The number of hydrogen-bond donors (Lipinski definition) is 1. The molecule has 0 aromatic carbocycles. The molecule has 0 aliphatic carbocycles. The lowest BCUT2D eigenvalue weighted by Gasteiger charge is -1.96. The Labute approximate surface area is 101 Å². The lowest BCUT2D eigenvalue weighted by Crippen LogP contribution is -2.03. The van der Waals surface area contributed by atoms with E-state index in [9.17, 15) is 14.9 Å². The van der Waals surface area contributed by atoms with E-state index in [0.717, 1.165) is 0 Å². The Morgan fingerprint density at radius 1 is 1.76 bits per heavy atom. The molecule has 1 N–H and O–H groups in total. The molecule has 0 bridgehead atoms. The van der Waals surface area contributed by atoms with Gasteiger partial charge in [-0.3, -0.25) is 0 Å². The molecule has 0 saturated heterocycles. The lowest BCUT2D eigenvalue weighted by molar-refractivity contribution is -0.389. The number of rotatable bonds is 5. The lowest BCUT2D eigenvalue weighted by atomic mass is 10.2. The van der Waals surface area contributed by atoms with Crippen LogP contribution in [0.1, 0.15) is 13.3 Å². The molecular weight excluding hydrogens is 250 g/mol. The molecule has 0 saturated carbocycles. The fraction of sp³-hybridized carbons (Fsp3) is 0.333. The summed E-state index contributed by atoms with van der Waals surface area (Å²) in [4.78, 5) is 20.5. The number of carboxylic acid groups (broad SMARTS) is 1. The van der Waals surface area contributed by atoms with Crippen molar-refractivity contribution < 1.29 is 14.8 Å². The predicted octanol–water partition coefficient (Wildman–Crippen LogP) is 1.87. The second kappa shape index (κ2) is 5.44. The Morgan fingerprint density at radius 2 is 2.41 bits per heavy atom. The van der Waals surface area contributed by atoms with Crippen molar-refractivity contribution in [2.75, 3.05) is 0 Å². The van der Waals surface area contributed by atoms with E-state index in [4.69, 9.17) is 16.7 Å². The van der Waals surface area contributed by atoms with Gasteiger partial charge in [0.1, 0.15) is 0 Å². The van der Waals surface area contributed by atoms with Gasteiger partial charge < -0.3 is 15.2 Å². The SMILES string of the molecule is CCC(=CCn1cc(Cl)c([N+](=O)[O-])n1)C(=O)O. The zero-order valence-electron chi connectivity index (χ0n) is 8.96. The van der Waals surface area contributed by atoms with Crippen molar-refractivity contribution in [2.24, 2.45) is 0 Å². The molecule has 1 aromatic rings. The zero-order chi connectivity index (χ0) is 13.0. The molecule has 1 heterocycles. The number of halogens is 1. The van der Waals surface area contributed by atoms with Gasteiger partial charge in [-0.05, 0) is 11.3 Å².